The van der Waals surface area contributed by atoms with Gasteiger partial charge in [0.15, 0.2) is 0 Å². The Kier molecular flexibility index (Phi) is 2.95. The van der Waals surface area contributed by atoms with E-state index in [0.717, 1.165) is 12.8 Å². The Hall–Kier alpha value is -0.650. The minimum absolute atomic E-state index is 0.0257. The molecular weight excluding hydrogens is 198 g/mol. The lowest BCUT2D eigenvalue weighted by molar-refractivity contribution is -0.148. The molecule has 1 saturated carbocycles. The summed E-state index contributed by atoms with van der Waals surface area (Å²) in [6, 6.07) is 0.0636. The molecule has 0 aromatic rings. The third-order valence-corrected chi connectivity index (χ3v) is 3.69. The summed E-state index contributed by atoms with van der Waals surface area (Å²) in [4.78, 5) is 12.9. The number of nitrogens with zero attached hydrogens (tertiary/aromatic N) is 1. The number of β-amino-alcohol motifs (C(OH)–C–C–N with tert-alkyl or cyclic N) is 1. The van der Waals surface area contributed by atoms with E-state index < -0.39 is 12.1 Å². The number of hydrogen-bond acceptors (Lipinski definition) is 4. The van der Waals surface area contributed by atoms with Crippen molar-refractivity contribution in [3.05, 3.63) is 0 Å². The van der Waals surface area contributed by atoms with Gasteiger partial charge in [-0.25, -0.2) is 0 Å². The first-order valence-electron chi connectivity index (χ1n) is 5.39. The van der Waals surface area contributed by atoms with E-state index in [1.165, 1.54) is 0 Å². The highest BCUT2D eigenvalue weighted by molar-refractivity contribution is 5.72. The van der Waals surface area contributed by atoms with Crippen molar-refractivity contribution in [3.8, 4) is 0 Å². The van der Waals surface area contributed by atoms with Crippen LogP contribution < -0.4 is 0 Å². The van der Waals surface area contributed by atoms with Crippen LogP contribution in [0.4, 0.5) is 0 Å². The van der Waals surface area contributed by atoms with Gasteiger partial charge in [0, 0.05) is 31.7 Å². The molecule has 4 unspecified atom stereocenters. The average molecular weight is 215 g/mol. The molecule has 0 radical (unpaired) electrons. The van der Waals surface area contributed by atoms with Crippen LogP contribution >= 0.6 is 0 Å². The minimum Gasteiger partial charge on any atom is -0.481 e. The maximum absolute atomic E-state index is 10.8. The smallest absolute Gasteiger partial charge is 0.308 e. The predicted molar refractivity (Wildman–Crippen MR) is 52.3 cm³/mol. The van der Waals surface area contributed by atoms with Crippen molar-refractivity contribution in [1.29, 1.82) is 0 Å². The Bertz CT molecular complexity index is 258. The van der Waals surface area contributed by atoms with Crippen molar-refractivity contribution >= 4 is 5.97 Å². The van der Waals surface area contributed by atoms with E-state index >= 15 is 0 Å². The lowest BCUT2D eigenvalue weighted by Crippen LogP contribution is -2.49. The number of hydrogen-bond donors (Lipinski definition) is 3. The van der Waals surface area contributed by atoms with Gasteiger partial charge < -0.3 is 15.3 Å². The maximum atomic E-state index is 10.8. The standard InChI is InChI=1S/C10H17NO4/c12-5-6-3-11(4-9(6)13)8-2-1-7(8)10(14)15/h6-9,12-13H,1-5H2,(H,14,15). The van der Waals surface area contributed by atoms with Crippen molar-refractivity contribution < 1.29 is 20.1 Å². The average Bonchev–Trinajstić information content (AvgIpc) is 2.43. The summed E-state index contributed by atoms with van der Waals surface area (Å²) < 4.78 is 0. The van der Waals surface area contributed by atoms with Crippen LogP contribution in [0.1, 0.15) is 12.8 Å². The van der Waals surface area contributed by atoms with Crippen LogP contribution in [0.3, 0.4) is 0 Å². The van der Waals surface area contributed by atoms with Gasteiger partial charge in [0.1, 0.15) is 0 Å². The largest absolute Gasteiger partial charge is 0.481 e. The number of carboxylic acid groups (broad SMARTS) is 1. The Morgan fingerprint density at radius 3 is 2.47 bits per heavy atom. The summed E-state index contributed by atoms with van der Waals surface area (Å²) >= 11 is 0. The van der Waals surface area contributed by atoms with Crippen molar-refractivity contribution in [2.75, 3.05) is 19.7 Å². The van der Waals surface area contributed by atoms with Gasteiger partial charge in [-0.1, -0.05) is 0 Å². The molecular formula is C10H17NO4. The van der Waals surface area contributed by atoms with Gasteiger partial charge >= 0.3 is 5.97 Å². The zero-order chi connectivity index (χ0) is 11.0. The molecule has 0 bridgehead atoms. The molecule has 0 aromatic heterocycles. The van der Waals surface area contributed by atoms with E-state index in [4.69, 9.17) is 10.2 Å². The van der Waals surface area contributed by atoms with Crippen LogP contribution in [0.15, 0.2) is 0 Å². The number of aliphatic hydroxyl groups excluding tert-OH is 2. The fourth-order valence-electron chi connectivity index (χ4n) is 2.54. The monoisotopic (exact) mass is 215 g/mol. The predicted octanol–water partition coefficient (Wildman–Crippen LogP) is -0.865. The molecule has 1 aliphatic carbocycles. The molecule has 4 atom stereocenters. The number of rotatable bonds is 3. The molecule has 15 heavy (non-hydrogen) atoms. The van der Waals surface area contributed by atoms with Gasteiger partial charge in [0.2, 0.25) is 0 Å². The summed E-state index contributed by atoms with van der Waals surface area (Å²) in [6.07, 6.45) is 1.11. The van der Waals surface area contributed by atoms with Gasteiger partial charge in [-0.15, -0.1) is 0 Å². The van der Waals surface area contributed by atoms with E-state index in [2.05, 4.69) is 0 Å². The first-order chi connectivity index (χ1) is 7.13. The van der Waals surface area contributed by atoms with Gasteiger partial charge in [0.25, 0.3) is 0 Å². The van der Waals surface area contributed by atoms with E-state index in [-0.39, 0.29) is 24.5 Å². The third-order valence-electron chi connectivity index (χ3n) is 3.69. The quantitative estimate of drug-likeness (QED) is 0.570. The number of carboxylic acids is 1. The molecule has 5 heteroatoms. The van der Waals surface area contributed by atoms with Gasteiger partial charge in [0.05, 0.1) is 12.0 Å². The highest BCUT2D eigenvalue weighted by atomic mass is 16.4. The van der Waals surface area contributed by atoms with Crippen LogP contribution in [-0.2, 0) is 4.79 Å². The van der Waals surface area contributed by atoms with E-state index in [0.29, 0.717) is 13.1 Å². The van der Waals surface area contributed by atoms with Crippen molar-refractivity contribution in [3.63, 3.8) is 0 Å². The molecule has 0 aromatic carbocycles. The summed E-state index contributed by atoms with van der Waals surface area (Å²) in [6.45, 7) is 1.09. The number of aliphatic hydroxyl groups is 2. The first kappa shape index (κ1) is 10.9. The first-order valence-corrected chi connectivity index (χ1v) is 5.39. The lowest BCUT2D eigenvalue weighted by atomic mass is 9.78. The zero-order valence-corrected chi connectivity index (χ0v) is 8.54. The van der Waals surface area contributed by atoms with E-state index in [1.54, 1.807) is 0 Å². The Morgan fingerprint density at radius 1 is 1.33 bits per heavy atom. The Morgan fingerprint density at radius 2 is 2.07 bits per heavy atom. The molecule has 5 nitrogen and oxygen atoms in total. The molecule has 0 spiro atoms. The zero-order valence-electron chi connectivity index (χ0n) is 8.54. The number of aliphatic carboxylic acids is 1. The van der Waals surface area contributed by atoms with Crippen LogP contribution in [-0.4, -0.2) is 58.0 Å². The fraction of sp³-hybridized carbons (Fsp3) is 0.900. The molecule has 0 amide bonds. The van der Waals surface area contributed by atoms with Crippen molar-refractivity contribution in [2.24, 2.45) is 11.8 Å². The fourth-order valence-corrected chi connectivity index (χ4v) is 2.54. The van der Waals surface area contributed by atoms with E-state index in [1.807, 2.05) is 4.90 Å². The molecule has 2 rings (SSSR count). The molecule has 1 aliphatic heterocycles. The van der Waals surface area contributed by atoms with Crippen molar-refractivity contribution in [1.82, 2.24) is 4.90 Å². The second kappa shape index (κ2) is 4.08. The maximum Gasteiger partial charge on any atom is 0.308 e. The van der Waals surface area contributed by atoms with E-state index in [9.17, 15) is 9.90 Å². The second-order valence-electron chi connectivity index (χ2n) is 4.55. The summed E-state index contributed by atoms with van der Waals surface area (Å²) in [7, 11) is 0. The van der Waals surface area contributed by atoms with Crippen LogP contribution in [0, 0.1) is 11.8 Å². The summed E-state index contributed by atoms with van der Waals surface area (Å²) in [5, 5.41) is 27.5. The molecule has 2 fully saturated rings. The van der Waals surface area contributed by atoms with Gasteiger partial charge in [-0.05, 0) is 12.8 Å². The molecule has 2 aliphatic rings. The van der Waals surface area contributed by atoms with Crippen LogP contribution in [0.5, 0.6) is 0 Å². The minimum atomic E-state index is -0.742. The van der Waals surface area contributed by atoms with Gasteiger partial charge in [-0.3, -0.25) is 9.69 Å². The number of carbonyl (C=O) groups is 1. The third kappa shape index (κ3) is 1.87. The van der Waals surface area contributed by atoms with Gasteiger partial charge in [-0.2, -0.15) is 0 Å². The summed E-state index contributed by atoms with van der Waals surface area (Å²) in [5.74, 6) is -1.14. The highest BCUT2D eigenvalue weighted by Gasteiger charge is 2.44. The molecule has 1 saturated heterocycles. The second-order valence-corrected chi connectivity index (χ2v) is 4.55. The Balaban J connectivity index is 1.93. The molecule has 86 valence electrons. The summed E-state index contributed by atoms with van der Waals surface area (Å²) in [5.41, 5.74) is 0. The SMILES string of the molecule is O=C(O)C1CCC1N1CC(O)C(CO)C1. The highest BCUT2D eigenvalue weighted by Crippen LogP contribution is 2.35. The lowest BCUT2D eigenvalue weighted by Gasteiger charge is -2.40. The topological polar surface area (TPSA) is 81.0 Å². The normalized spacial score (nSPS) is 41.5. The van der Waals surface area contributed by atoms with Crippen LogP contribution in [0.25, 0.3) is 0 Å². The Labute approximate surface area is 88.3 Å². The van der Waals surface area contributed by atoms with Crippen molar-refractivity contribution in [2.45, 2.75) is 25.0 Å². The van der Waals surface area contributed by atoms with Crippen LogP contribution in [0.2, 0.25) is 0 Å². The molecule has 3 N–H and O–H groups in total. The number of likely N-dealkylation sites (tertiary alicyclic amines) is 1. The molecule has 1 heterocycles.